The first-order valence-corrected chi connectivity index (χ1v) is 5.94. The van der Waals surface area contributed by atoms with Gasteiger partial charge in [0.1, 0.15) is 12.4 Å². The lowest BCUT2D eigenvalue weighted by Crippen LogP contribution is -2.41. The number of nitrogens with two attached hydrogens (primary N) is 1. The van der Waals surface area contributed by atoms with E-state index in [1.165, 1.54) is 6.07 Å². The minimum absolute atomic E-state index is 0.0789. The van der Waals surface area contributed by atoms with E-state index in [0.717, 1.165) is 6.54 Å². The second kappa shape index (κ2) is 7.08. The molecule has 4 nitrogen and oxygen atoms in total. The molecule has 18 heavy (non-hydrogen) atoms. The summed E-state index contributed by atoms with van der Waals surface area (Å²) in [5.74, 6) is -0.406. The fraction of sp³-hybridized carbons (Fsp3) is 0.462. The number of carbonyl (C=O) groups excluding carboxylic acids is 1. The molecule has 0 saturated carbocycles. The van der Waals surface area contributed by atoms with Crippen molar-refractivity contribution in [2.45, 2.75) is 13.8 Å². The normalized spacial score (nSPS) is 15.1. The average Bonchev–Trinajstić information content (AvgIpc) is 2.34. The highest BCUT2D eigenvalue weighted by molar-refractivity contribution is 5.94. The summed E-state index contributed by atoms with van der Waals surface area (Å²) in [6, 6.07) is 4.81. The fourth-order valence-corrected chi connectivity index (χ4v) is 1.54. The molecule has 1 aliphatic rings. The van der Waals surface area contributed by atoms with Crippen LogP contribution in [0.15, 0.2) is 18.2 Å². The first-order valence-electron chi connectivity index (χ1n) is 5.94. The standard InChI is InChI=1S/C11H12FNO2.C2H7N/c1-8-2-3-9(6-10(8)12)13-4-5-15-7-11(13)14;1-2-3/h2-3,6H,4-5,7H2,1H3;2-3H2,1H3. The molecule has 1 fully saturated rings. The average molecular weight is 254 g/mol. The number of carbonyl (C=O) groups is 1. The summed E-state index contributed by atoms with van der Waals surface area (Å²) in [5.41, 5.74) is 6.03. The van der Waals surface area contributed by atoms with Gasteiger partial charge in [0.25, 0.3) is 5.91 Å². The van der Waals surface area contributed by atoms with Gasteiger partial charge in [-0.2, -0.15) is 0 Å². The van der Waals surface area contributed by atoms with E-state index in [-0.39, 0.29) is 18.3 Å². The van der Waals surface area contributed by atoms with E-state index in [0.29, 0.717) is 24.4 Å². The zero-order valence-corrected chi connectivity index (χ0v) is 10.8. The van der Waals surface area contributed by atoms with Gasteiger partial charge >= 0.3 is 0 Å². The van der Waals surface area contributed by atoms with E-state index >= 15 is 0 Å². The van der Waals surface area contributed by atoms with E-state index < -0.39 is 0 Å². The Morgan fingerprint density at radius 3 is 2.72 bits per heavy atom. The topological polar surface area (TPSA) is 55.6 Å². The number of hydrogen-bond acceptors (Lipinski definition) is 3. The Labute approximate surface area is 107 Å². The number of nitrogens with zero attached hydrogens (tertiary/aromatic N) is 1. The fourth-order valence-electron chi connectivity index (χ4n) is 1.54. The minimum atomic E-state index is -0.285. The van der Waals surface area contributed by atoms with Crippen molar-refractivity contribution in [1.29, 1.82) is 0 Å². The minimum Gasteiger partial charge on any atom is -0.370 e. The van der Waals surface area contributed by atoms with Gasteiger partial charge in [0.15, 0.2) is 0 Å². The van der Waals surface area contributed by atoms with Gasteiger partial charge in [-0.25, -0.2) is 4.39 Å². The zero-order chi connectivity index (χ0) is 13.5. The molecule has 0 radical (unpaired) electrons. The lowest BCUT2D eigenvalue weighted by molar-refractivity contribution is -0.125. The molecule has 100 valence electrons. The molecule has 1 aromatic rings. The van der Waals surface area contributed by atoms with Gasteiger partial charge in [-0.05, 0) is 31.2 Å². The summed E-state index contributed by atoms with van der Waals surface area (Å²) >= 11 is 0. The number of anilines is 1. The largest absolute Gasteiger partial charge is 0.370 e. The molecule has 1 amide bonds. The molecule has 0 bridgehead atoms. The van der Waals surface area contributed by atoms with Crippen LogP contribution in [0.1, 0.15) is 12.5 Å². The molecular weight excluding hydrogens is 235 g/mol. The summed E-state index contributed by atoms with van der Waals surface area (Å²) in [5, 5.41) is 0. The van der Waals surface area contributed by atoms with E-state index in [1.54, 1.807) is 24.0 Å². The lowest BCUT2D eigenvalue weighted by Gasteiger charge is -2.26. The van der Waals surface area contributed by atoms with Gasteiger partial charge in [-0.1, -0.05) is 13.0 Å². The number of aryl methyl sites for hydroxylation is 1. The smallest absolute Gasteiger partial charge is 0.253 e. The van der Waals surface area contributed by atoms with Crippen LogP contribution >= 0.6 is 0 Å². The Morgan fingerprint density at radius 2 is 2.17 bits per heavy atom. The zero-order valence-electron chi connectivity index (χ0n) is 10.8. The molecule has 2 rings (SSSR count). The molecule has 2 N–H and O–H groups in total. The van der Waals surface area contributed by atoms with Crippen LogP contribution in [0.3, 0.4) is 0 Å². The van der Waals surface area contributed by atoms with Crippen molar-refractivity contribution in [2.24, 2.45) is 5.73 Å². The van der Waals surface area contributed by atoms with Crippen molar-refractivity contribution in [3.05, 3.63) is 29.6 Å². The SMILES string of the molecule is CCN.Cc1ccc(N2CCOCC2=O)cc1F. The molecule has 0 aromatic heterocycles. The summed E-state index contributed by atoms with van der Waals surface area (Å²) in [6.45, 7) is 5.41. The van der Waals surface area contributed by atoms with Crippen molar-refractivity contribution >= 4 is 11.6 Å². The number of benzene rings is 1. The second-order valence-corrected chi connectivity index (χ2v) is 3.94. The highest BCUT2D eigenvalue weighted by atomic mass is 19.1. The molecule has 1 aliphatic heterocycles. The van der Waals surface area contributed by atoms with E-state index in [1.807, 2.05) is 6.92 Å². The lowest BCUT2D eigenvalue weighted by atomic mass is 10.2. The van der Waals surface area contributed by atoms with Gasteiger partial charge < -0.3 is 15.4 Å². The van der Waals surface area contributed by atoms with Crippen LogP contribution in [0.5, 0.6) is 0 Å². The summed E-state index contributed by atoms with van der Waals surface area (Å²) in [7, 11) is 0. The molecular formula is C13H19FN2O2. The third-order valence-corrected chi connectivity index (χ3v) is 2.45. The maximum atomic E-state index is 13.3. The van der Waals surface area contributed by atoms with Gasteiger partial charge in [-0.3, -0.25) is 4.79 Å². The van der Waals surface area contributed by atoms with Crippen LogP contribution in [0, 0.1) is 12.7 Å². The number of rotatable bonds is 1. The van der Waals surface area contributed by atoms with Crippen molar-refractivity contribution in [3.63, 3.8) is 0 Å². The Bertz CT molecular complexity index is 410. The maximum Gasteiger partial charge on any atom is 0.253 e. The first-order chi connectivity index (χ1) is 8.60. The van der Waals surface area contributed by atoms with Crippen molar-refractivity contribution in [3.8, 4) is 0 Å². The first kappa shape index (κ1) is 14.6. The van der Waals surface area contributed by atoms with Crippen molar-refractivity contribution in [1.82, 2.24) is 0 Å². The summed E-state index contributed by atoms with van der Waals surface area (Å²) < 4.78 is 18.3. The van der Waals surface area contributed by atoms with Crippen LogP contribution in [0.4, 0.5) is 10.1 Å². The third-order valence-electron chi connectivity index (χ3n) is 2.45. The number of hydrogen-bond donors (Lipinski definition) is 1. The predicted molar refractivity (Wildman–Crippen MR) is 69.0 cm³/mol. The molecule has 0 atom stereocenters. The van der Waals surface area contributed by atoms with Crippen molar-refractivity contribution < 1.29 is 13.9 Å². The number of morpholine rings is 1. The molecule has 0 unspecified atom stereocenters. The molecule has 1 aromatic carbocycles. The molecule has 1 heterocycles. The molecule has 1 saturated heterocycles. The molecule has 0 spiro atoms. The van der Waals surface area contributed by atoms with Crippen LogP contribution in [0.2, 0.25) is 0 Å². The van der Waals surface area contributed by atoms with E-state index in [2.05, 4.69) is 0 Å². The van der Waals surface area contributed by atoms with Crippen LogP contribution < -0.4 is 10.6 Å². The molecule has 5 heteroatoms. The van der Waals surface area contributed by atoms with Gasteiger partial charge in [-0.15, -0.1) is 0 Å². The maximum absolute atomic E-state index is 13.3. The summed E-state index contributed by atoms with van der Waals surface area (Å²) in [6.07, 6.45) is 0. The van der Waals surface area contributed by atoms with E-state index in [4.69, 9.17) is 10.5 Å². The van der Waals surface area contributed by atoms with Gasteiger partial charge in [0, 0.05) is 12.2 Å². The Kier molecular flexibility index (Phi) is 5.74. The van der Waals surface area contributed by atoms with Crippen LogP contribution in [-0.2, 0) is 9.53 Å². The van der Waals surface area contributed by atoms with Crippen molar-refractivity contribution in [2.75, 3.05) is 31.2 Å². The van der Waals surface area contributed by atoms with Gasteiger partial charge in [0.2, 0.25) is 0 Å². The quantitative estimate of drug-likeness (QED) is 0.825. The van der Waals surface area contributed by atoms with Crippen LogP contribution in [-0.4, -0.2) is 32.2 Å². The van der Waals surface area contributed by atoms with Gasteiger partial charge in [0.05, 0.1) is 6.61 Å². The number of amides is 1. The Balaban J connectivity index is 0.000000492. The molecule has 0 aliphatic carbocycles. The summed E-state index contributed by atoms with van der Waals surface area (Å²) in [4.78, 5) is 13.0. The second-order valence-electron chi connectivity index (χ2n) is 3.94. The number of halogens is 1. The number of ether oxygens (including phenoxy) is 1. The monoisotopic (exact) mass is 254 g/mol. The van der Waals surface area contributed by atoms with E-state index in [9.17, 15) is 9.18 Å². The highest BCUT2D eigenvalue weighted by Gasteiger charge is 2.20. The van der Waals surface area contributed by atoms with Crippen LogP contribution in [0.25, 0.3) is 0 Å². The Morgan fingerprint density at radius 1 is 1.50 bits per heavy atom. The highest BCUT2D eigenvalue weighted by Crippen LogP contribution is 2.19. The predicted octanol–water partition coefficient (Wildman–Crippen LogP) is 1.46. The third kappa shape index (κ3) is 3.78. The Hall–Kier alpha value is -1.46.